The zero-order valence-corrected chi connectivity index (χ0v) is 14.1. The van der Waals surface area contributed by atoms with E-state index in [9.17, 15) is 14.4 Å². The summed E-state index contributed by atoms with van der Waals surface area (Å²) in [6, 6.07) is -0.704. The Labute approximate surface area is 141 Å². The van der Waals surface area contributed by atoms with Crippen molar-refractivity contribution in [1.82, 2.24) is 4.90 Å². The van der Waals surface area contributed by atoms with Gasteiger partial charge in [0, 0.05) is 13.3 Å². The molecule has 1 heterocycles. The summed E-state index contributed by atoms with van der Waals surface area (Å²) in [7, 11) is 0. The lowest BCUT2D eigenvalue weighted by atomic mass is 9.81. The van der Waals surface area contributed by atoms with Crippen molar-refractivity contribution in [2.24, 2.45) is 5.92 Å². The number of fused-ring (bicyclic) bond motifs is 1. The summed E-state index contributed by atoms with van der Waals surface area (Å²) in [5.74, 6) is 9.62. The molecule has 0 spiro atoms. The second-order valence-electron chi connectivity index (χ2n) is 6.46. The van der Waals surface area contributed by atoms with Gasteiger partial charge in [0.05, 0.1) is 5.92 Å². The monoisotopic (exact) mass is 329 g/mol. The van der Waals surface area contributed by atoms with E-state index in [1.807, 2.05) is 0 Å². The average Bonchev–Trinajstić information content (AvgIpc) is 2.43. The SMILES string of the molecule is CC(=O)OC1C#CC=CC#CCC2C(=O)N(C(=O)OC(C)(C)C)C12. The van der Waals surface area contributed by atoms with Gasteiger partial charge < -0.3 is 9.47 Å². The van der Waals surface area contributed by atoms with Crippen LogP contribution in [0.4, 0.5) is 4.79 Å². The minimum Gasteiger partial charge on any atom is -0.447 e. The Morgan fingerprint density at radius 3 is 2.54 bits per heavy atom. The molecule has 0 aromatic heterocycles. The average molecular weight is 329 g/mol. The van der Waals surface area contributed by atoms with Crippen LogP contribution in [0.3, 0.4) is 0 Å². The topological polar surface area (TPSA) is 72.9 Å². The van der Waals surface area contributed by atoms with Gasteiger partial charge in [-0.3, -0.25) is 9.59 Å². The third-order valence-electron chi connectivity index (χ3n) is 3.36. The molecule has 1 saturated heterocycles. The molecule has 1 fully saturated rings. The van der Waals surface area contributed by atoms with Gasteiger partial charge in [-0.25, -0.2) is 9.69 Å². The summed E-state index contributed by atoms with van der Waals surface area (Å²) < 4.78 is 10.5. The third-order valence-corrected chi connectivity index (χ3v) is 3.36. The normalized spacial score (nSPS) is 25.1. The zero-order valence-electron chi connectivity index (χ0n) is 14.1. The van der Waals surface area contributed by atoms with E-state index in [0.717, 1.165) is 4.90 Å². The predicted molar refractivity (Wildman–Crippen MR) is 85.2 cm³/mol. The number of imide groups is 1. The van der Waals surface area contributed by atoms with Crippen LogP contribution < -0.4 is 0 Å². The highest BCUT2D eigenvalue weighted by Gasteiger charge is 2.56. The standard InChI is InChI=1S/C18H19NO5/c1-12(20)23-14-11-9-7-5-6-8-10-13-15(14)19(16(13)21)17(22)24-18(2,3)4/h5,7,13-15H,10H2,1-4H3. The van der Waals surface area contributed by atoms with Crippen LogP contribution in [0.15, 0.2) is 12.2 Å². The second-order valence-corrected chi connectivity index (χ2v) is 6.46. The molecule has 24 heavy (non-hydrogen) atoms. The van der Waals surface area contributed by atoms with Crippen LogP contribution in [0.25, 0.3) is 0 Å². The fourth-order valence-corrected chi connectivity index (χ4v) is 2.45. The molecule has 0 saturated carbocycles. The summed E-state index contributed by atoms with van der Waals surface area (Å²) in [6.07, 6.45) is 1.66. The number of allylic oxidation sites excluding steroid dienone is 2. The number of carbonyl (C=O) groups is 3. The molecular weight excluding hydrogens is 310 g/mol. The maximum Gasteiger partial charge on any atom is 0.417 e. The van der Waals surface area contributed by atoms with Crippen LogP contribution in [-0.4, -0.2) is 40.6 Å². The molecule has 2 aliphatic rings. The number of amides is 2. The Hall–Kier alpha value is -2.73. The first-order valence-electron chi connectivity index (χ1n) is 7.58. The van der Waals surface area contributed by atoms with Crippen LogP contribution in [-0.2, 0) is 19.1 Å². The highest BCUT2D eigenvalue weighted by atomic mass is 16.6. The van der Waals surface area contributed by atoms with E-state index >= 15 is 0 Å². The summed E-state index contributed by atoms with van der Waals surface area (Å²) in [6.45, 7) is 6.38. The molecule has 1 aliphatic heterocycles. The van der Waals surface area contributed by atoms with Gasteiger partial charge in [0.2, 0.25) is 5.91 Å². The molecule has 0 bridgehead atoms. The molecule has 0 N–H and O–H groups in total. The van der Waals surface area contributed by atoms with Gasteiger partial charge in [-0.05, 0) is 32.9 Å². The van der Waals surface area contributed by atoms with E-state index < -0.39 is 41.6 Å². The van der Waals surface area contributed by atoms with Crippen molar-refractivity contribution in [3.05, 3.63) is 12.2 Å². The molecule has 3 atom stereocenters. The largest absolute Gasteiger partial charge is 0.447 e. The molecule has 2 amide bonds. The molecule has 1 aliphatic carbocycles. The number of β-lactam (4-membered cyclic amide) rings is 1. The first-order chi connectivity index (χ1) is 11.2. The minimum atomic E-state index is -0.915. The predicted octanol–water partition coefficient (Wildman–Crippen LogP) is 1.65. The lowest BCUT2D eigenvalue weighted by Gasteiger charge is -2.46. The number of esters is 1. The van der Waals surface area contributed by atoms with Crippen molar-refractivity contribution >= 4 is 18.0 Å². The summed E-state index contributed by atoms with van der Waals surface area (Å²) in [5, 5.41) is 0. The van der Waals surface area contributed by atoms with Crippen molar-refractivity contribution in [2.75, 3.05) is 0 Å². The highest BCUT2D eigenvalue weighted by molar-refractivity contribution is 6.00. The van der Waals surface area contributed by atoms with Crippen molar-refractivity contribution < 1.29 is 23.9 Å². The van der Waals surface area contributed by atoms with Crippen LogP contribution >= 0.6 is 0 Å². The lowest BCUT2D eigenvalue weighted by molar-refractivity contribution is -0.167. The Morgan fingerprint density at radius 2 is 1.92 bits per heavy atom. The van der Waals surface area contributed by atoms with Gasteiger partial charge in [-0.2, -0.15) is 0 Å². The number of carbonyl (C=O) groups excluding carboxylic acids is 3. The Balaban J connectivity index is 2.33. The number of nitrogens with zero attached hydrogens (tertiary/aromatic N) is 1. The molecule has 2 rings (SSSR count). The van der Waals surface area contributed by atoms with E-state index in [2.05, 4.69) is 23.7 Å². The lowest BCUT2D eigenvalue weighted by Crippen LogP contribution is -2.68. The first kappa shape index (κ1) is 17.6. The van der Waals surface area contributed by atoms with E-state index in [-0.39, 0.29) is 6.42 Å². The molecule has 6 nitrogen and oxygen atoms in total. The van der Waals surface area contributed by atoms with E-state index in [4.69, 9.17) is 9.47 Å². The van der Waals surface area contributed by atoms with Gasteiger partial charge in [0.15, 0.2) is 6.10 Å². The van der Waals surface area contributed by atoms with Crippen molar-refractivity contribution in [2.45, 2.75) is 51.9 Å². The molecule has 126 valence electrons. The number of rotatable bonds is 1. The van der Waals surface area contributed by atoms with Crippen LogP contribution in [0.5, 0.6) is 0 Å². The van der Waals surface area contributed by atoms with Crippen molar-refractivity contribution in [3.63, 3.8) is 0 Å². The van der Waals surface area contributed by atoms with Gasteiger partial charge in [-0.15, -0.1) is 0 Å². The van der Waals surface area contributed by atoms with E-state index in [1.165, 1.54) is 13.0 Å². The molecule has 6 heteroatoms. The van der Waals surface area contributed by atoms with Gasteiger partial charge in [-0.1, -0.05) is 23.7 Å². The molecule has 0 radical (unpaired) electrons. The number of likely N-dealkylation sites (tertiary alicyclic amines) is 1. The maximum atomic E-state index is 12.4. The Bertz CT molecular complexity index is 708. The second kappa shape index (κ2) is 6.80. The number of ether oxygens (including phenoxy) is 2. The van der Waals surface area contributed by atoms with Crippen LogP contribution in [0.1, 0.15) is 34.1 Å². The molecule has 0 aromatic carbocycles. The van der Waals surface area contributed by atoms with E-state index in [1.54, 1.807) is 26.8 Å². The molecule has 3 unspecified atom stereocenters. The van der Waals surface area contributed by atoms with Crippen molar-refractivity contribution in [3.8, 4) is 23.7 Å². The Morgan fingerprint density at radius 1 is 1.25 bits per heavy atom. The van der Waals surface area contributed by atoms with Gasteiger partial charge >= 0.3 is 12.1 Å². The quantitative estimate of drug-likeness (QED) is 0.415. The van der Waals surface area contributed by atoms with E-state index in [0.29, 0.717) is 0 Å². The highest BCUT2D eigenvalue weighted by Crippen LogP contribution is 2.34. The summed E-state index contributed by atoms with van der Waals surface area (Å²) in [4.78, 5) is 37.1. The van der Waals surface area contributed by atoms with Gasteiger partial charge in [0.1, 0.15) is 11.6 Å². The molecular formula is C18H19NO5. The maximum absolute atomic E-state index is 12.4. The van der Waals surface area contributed by atoms with Crippen LogP contribution in [0.2, 0.25) is 0 Å². The summed E-state index contributed by atoms with van der Waals surface area (Å²) in [5.41, 5.74) is -0.746. The smallest absolute Gasteiger partial charge is 0.417 e. The third kappa shape index (κ3) is 3.97. The number of hydrogen-bond acceptors (Lipinski definition) is 5. The first-order valence-corrected chi connectivity index (χ1v) is 7.58. The Kier molecular flexibility index (Phi) is 4.99. The van der Waals surface area contributed by atoms with Crippen LogP contribution in [0, 0.1) is 29.6 Å². The van der Waals surface area contributed by atoms with Gasteiger partial charge in [0.25, 0.3) is 0 Å². The summed E-state index contributed by atoms with van der Waals surface area (Å²) >= 11 is 0. The molecule has 0 aromatic rings. The fraction of sp³-hybridized carbons (Fsp3) is 0.500. The van der Waals surface area contributed by atoms with Crippen molar-refractivity contribution in [1.29, 1.82) is 0 Å². The minimum absolute atomic E-state index is 0.257. The fourth-order valence-electron chi connectivity index (χ4n) is 2.45. The number of hydrogen-bond donors (Lipinski definition) is 0. The zero-order chi connectivity index (χ0) is 17.9.